The van der Waals surface area contributed by atoms with Crippen LogP contribution in [0.2, 0.25) is 0 Å². The fourth-order valence-electron chi connectivity index (χ4n) is 2.53. The first-order valence-corrected chi connectivity index (χ1v) is 6.80. The summed E-state index contributed by atoms with van der Waals surface area (Å²) in [6.45, 7) is 10.8. The van der Waals surface area contributed by atoms with Gasteiger partial charge in [-0.2, -0.15) is 0 Å². The normalized spacial score (nSPS) is 23.8. The lowest BCUT2D eigenvalue weighted by molar-refractivity contribution is 0.240. The van der Waals surface area contributed by atoms with Gasteiger partial charge in [0.05, 0.1) is 0 Å². The van der Waals surface area contributed by atoms with Crippen LogP contribution in [0.1, 0.15) is 33.1 Å². The molecule has 2 N–H and O–H groups in total. The summed E-state index contributed by atoms with van der Waals surface area (Å²) in [7, 11) is 0. The van der Waals surface area contributed by atoms with E-state index in [2.05, 4.69) is 24.1 Å². The molecule has 0 aromatic carbocycles. The van der Waals surface area contributed by atoms with E-state index in [1.807, 2.05) is 0 Å². The summed E-state index contributed by atoms with van der Waals surface area (Å²) in [4.78, 5) is 2.55. The fraction of sp³-hybridized carbons (Fsp3) is 1.00. The number of rotatable bonds is 8. The highest BCUT2D eigenvalue weighted by atomic mass is 16.3. The topological polar surface area (TPSA) is 35.5 Å². The summed E-state index contributed by atoms with van der Waals surface area (Å²) in [6, 6.07) is 0. The van der Waals surface area contributed by atoms with Crippen molar-refractivity contribution in [3.8, 4) is 0 Å². The summed E-state index contributed by atoms with van der Waals surface area (Å²) >= 11 is 0. The first kappa shape index (κ1) is 13.9. The maximum atomic E-state index is 8.91. The summed E-state index contributed by atoms with van der Waals surface area (Å²) in [6.07, 6.45) is 3.48. The molecular weight excluding hydrogens is 200 g/mol. The van der Waals surface area contributed by atoms with E-state index >= 15 is 0 Å². The average molecular weight is 228 g/mol. The second kappa shape index (κ2) is 8.04. The third kappa shape index (κ3) is 5.28. The van der Waals surface area contributed by atoms with Crippen LogP contribution in [-0.4, -0.2) is 49.3 Å². The van der Waals surface area contributed by atoms with Gasteiger partial charge < -0.3 is 15.3 Å². The lowest BCUT2D eigenvalue weighted by Gasteiger charge is -2.21. The second-order valence-electron chi connectivity index (χ2n) is 5.24. The Morgan fingerprint density at radius 1 is 1.50 bits per heavy atom. The van der Waals surface area contributed by atoms with Crippen molar-refractivity contribution in [2.24, 2.45) is 11.8 Å². The molecule has 0 spiro atoms. The smallest absolute Gasteiger partial charge is 0.0434 e. The molecule has 1 aliphatic heterocycles. The van der Waals surface area contributed by atoms with Crippen molar-refractivity contribution in [2.75, 3.05) is 39.3 Å². The van der Waals surface area contributed by atoms with E-state index < -0.39 is 0 Å². The van der Waals surface area contributed by atoms with Gasteiger partial charge in [0.25, 0.3) is 0 Å². The molecule has 0 aromatic rings. The Labute approximate surface area is 100 Å². The predicted molar refractivity (Wildman–Crippen MR) is 68.6 cm³/mol. The molecule has 16 heavy (non-hydrogen) atoms. The quantitative estimate of drug-likeness (QED) is 0.615. The van der Waals surface area contributed by atoms with Crippen molar-refractivity contribution in [1.29, 1.82) is 0 Å². The van der Waals surface area contributed by atoms with E-state index in [4.69, 9.17) is 5.11 Å². The summed E-state index contributed by atoms with van der Waals surface area (Å²) < 4.78 is 0. The van der Waals surface area contributed by atoms with Crippen molar-refractivity contribution < 1.29 is 5.11 Å². The second-order valence-corrected chi connectivity index (χ2v) is 5.24. The Bertz CT molecular complexity index is 175. The molecule has 1 fully saturated rings. The molecule has 3 nitrogen and oxygen atoms in total. The summed E-state index contributed by atoms with van der Waals surface area (Å²) in [5.74, 6) is 1.47. The maximum absolute atomic E-state index is 8.91. The van der Waals surface area contributed by atoms with Gasteiger partial charge in [-0.25, -0.2) is 0 Å². The first-order chi connectivity index (χ1) is 7.76. The molecule has 1 saturated heterocycles. The molecule has 3 heteroatoms. The first-order valence-electron chi connectivity index (χ1n) is 6.80. The fourth-order valence-corrected chi connectivity index (χ4v) is 2.53. The monoisotopic (exact) mass is 228 g/mol. The van der Waals surface area contributed by atoms with E-state index in [0.717, 1.165) is 31.3 Å². The Balaban J connectivity index is 2.08. The molecule has 0 amide bonds. The van der Waals surface area contributed by atoms with Gasteiger partial charge in [0, 0.05) is 19.7 Å². The summed E-state index contributed by atoms with van der Waals surface area (Å²) in [5.41, 5.74) is 0. The van der Waals surface area contributed by atoms with Crippen molar-refractivity contribution in [2.45, 2.75) is 33.1 Å². The number of nitrogens with zero attached hydrogens (tertiary/aromatic N) is 1. The average Bonchev–Trinajstić information content (AvgIpc) is 2.66. The zero-order valence-corrected chi connectivity index (χ0v) is 10.9. The van der Waals surface area contributed by atoms with Crippen molar-refractivity contribution in [1.82, 2.24) is 10.2 Å². The zero-order chi connectivity index (χ0) is 11.8. The molecule has 2 atom stereocenters. The van der Waals surface area contributed by atoms with Gasteiger partial charge in [0.2, 0.25) is 0 Å². The van der Waals surface area contributed by atoms with Crippen LogP contribution in [0.5, 0.6) is 0 Å². The van der Waals surface area contributed by atoms with Gasteiger partial charge in [-0.15, -0.1) is 0 Å². The van der Waals surface area contributed by atoms with Gasteiger partial charge in [-0.1, -0.05) is 13.8 Å². The molecule has 0 bridgehead atoms. The van der Waals surface area contributed by atoms with E-state index in [1.165, 1.54) is 32.5 Å². The summed E-state index contributed by atoms with van der Waals surface area (Å²) in [5, 5.41) is 12.4. The van der Waals surface area contributed by atoms with Gasteiger partial charge in [-0.05, 0) is 50.7 Å². The minimum atomic E-state index is 0.353. The number of nitrogens with one attached hydrogen (secondary N) is 1. The van der Waals surface area contributed by atoms with Crippen molar-refractivity contribution in [3.63, 3.8) is 0 Å². The van der Waals surface area contributed by atoms with E-state index in [0.29, 0.717) is 6.61 Å². The van der Waals surface area contributed by atoms with E-state index in [9.17, 15) is 0 Å². The van der Waals surface area contributed by atoms with Gasteiger partial charge in [-0.3, -0.25) is 0 Å². The van der Waals surface area contributed by atoms with Crippen LogP contribution in [0, 0.1) is 11.8 Å². The van der Waals surface area contributed by atoms with E-state index in [1.54, 1.807) is 0 Å². The predicted octanol–water partition coefficient (Wildman–Crippen LogP) is 1.33. The molecule has 2 unspecified atom stereocenters. The Morgan fingerprint density at radius 3 is 3.00 bits per heavy atom. The van der Waals surface area contributed by atoms with Crippen LogP contribution in [0.25, 0.3) is 0 Å². The van der Waals surface area contributed by atoms with Crippen molar-refractivity contribution >= 4 is 0 Å². The minimum absolute atomic E-state index is 0.353. The molecule has 1 rings (SSSR count). The molecule has 0 aliphatic carbocycles. The highest BCUT2D eigenvalue weighted by Gasteiger charge is 2.22. The molecule has 96 valence electrons. The van der Waals surface area contributed by atoms with Crippen LogP contribution in [0.15, 0.2) is 0 Å². The maximum Gasteiger partial charge on any atom is 0.0434 e. The number of hydrogen-bond donors (Lipinski definition) is 2. The number of likely N-dealkylation sites (tertiary alicyclic amines) is 1. The highest BCUT2D eigenvalue weighted by Crippen LogP contribution is 2.19. The number of aliphatic hydroxyl groups is 1. The number of hydrogen-bond acceptors (Lipinski definition) is 3. The largest absolute Gasteiger partial charge is 0.396 e. The third-order valence-corrected chi connectivity index (χ3v) is 3.40. The minimum Gasteiger partial charge on any atom is -0.396 e. The molecule has 1 heterocycles. The Kier molecular flexibility index (Phi) is 7.01. The Morgan fingerprint density at radius 2 is 2.31 bits per heavy atom. The highest BCUT2D eigenvalue weighted by molar-refractivity contribution is 4.77. The zero-order valence-electron chi connectivity index (χ0n) is 10.9. The van der Waals surface area contributed by atoms with Gasteiger partial charge in [0.1, 0.15) is 0 Å². The van der Waals surface area contributed by atoms with Crippen LogP contribution in [-0.2, 0) is 0 Å². The van der Waals surface area contributed by atoms with Crippen LogP contribution in [0.3, 0.4) is 0 Å². The molecule has 1 aliphatic rings. The van der Waals surface area contributed by atoms with Gasteiger partial charge in [0.15, 0.2) is 0 Å². The number of aliphatic hydroxyl groups excluding tert-OH is 1. The lowest BCUT2D eigenvalue weighted by atomic mass is 10.1. The Hall–Kier alpha value is -0.120. The molecular formula is C13H28N2O. The lowest BCUT2D eigenvalue weighted by Crippen LogP contribution is -2.32. The molecule has 0 saturated carbocycles. The van der Waals surface area contributed by atoms with Crippen LogP contribution < -0.4 is 5.32 Å². The standard InChI is InChI=1S/C13H28N2O/c1-3-6-14-9-12(2)10-15-7-4-13(11-15)5-8-16/h12-14,16H,3-11H2,1-2H3. The van der Waals surface area contributed by atoms with Crippen molar-refractivity contribution in [3.05, 3.63) is 0 Å². The SMILES string of the molecule is CCCNCC(C)CN1CCC(CCO)C1. The molecule has 0 aromatic heterocycles. The molecule has 0 radical (unpaired) electrons. The van der Waals surface area contributed by atoms with Gasteiger partial charge >= 0.3 is 0 Å². The van der Waals surface area contributed by atoms with E-state index in [-0.39, 0.29) is 0 Å². The van der Waals surface area contributed by atoms with Crippen LogP contribution in [0.4, 0.5) is 0 Å². The third-order valence-electron chi connectivity index (χ3n) is 3.40. The van der Waals surface area contributed by atoms with Crippen LogP contribution >= 0.6 is 0 Å².